The number of aromatic nitrogens is 1. The molecule has 0 saturated heterocycles. The minimum absolute atomic E-state index is 0.0653. The fourth-order valence-electron chi connectivity index (χ4n) is 3.57. The third kappa shape index (κ3) is 3.48. The van der Waals surface area contributed by atoms with Crippen molar-refractivity contribution in [2.24, 2.45) is 0 Å². The van der Waals surface area contributed by atoms with Crippen LogP contribution in [-0.2, 0) is 10.0 Å². The topological polar surface area (TPSA) is 62.0 Å². The van der Waals surface area contributed by atoms with Gasteiger partial charge in [0.25, 0.3) is 0 Å². The summed E-state index contributed by atoms with van der Waals surface area (Å²) in [5.74, 6) is 0. The number of hydrogen-bond donors (Lipinski definition) is 2. The van der Waals surface area contributed by atoms with Crippen LogP contribution in [0.3, 0.4) is 0 Å². The van der Waals surface area contributed by atoms with E-state index in [1.165, 1.54) is 6.42 Å². The maximum absolute atomic E-state index is 12.7. The number of hydrogen-bond acceptors (Lipinski definition) is 2. The summed E-state index contributed by atoms with van der Waals surface area (Å²) in [4.78, 5) is 3.68. The van der Waals surface area contributed by atoms with Crippen molar-refractivity contribution in [2.45, 2.75) is 43.0 Å². The van der Waals surface area contributed by atoms with Crippen molar-refractivity contribution >= 4 is 20.9 Å². The molecule has 1 fully saturated rings. The zero-order valence-electron chi connectivity index (χ0n) is 14.0. The van der Waals surface area contributed by atoms with E-state index in [1.807, 2.05) is 30.3 Å². The Morgan fingerprint density at radius 2 is 1.72 bits per heavy atom. The predicted octanol–water partition coefficient (Wildman–Crippen LogP) is 4.45. The minimum Gasteiger partial charge on any atom is -0.355 e. The molecule has 1 aliphatic rings. The van der Waals surface area contributed by atoms with Gasteiger partial charge in [0.2, 0.25) is 10.0 Å². The second kappa shape index (κ2) is 6.65. The second-order valence-corrected chi connectivity index (χ2v) is 8.47. The predicted molar refractivity (Wildman–Crippen MR) is 101 cm³/mol. The molecule has 2 N–H and O–H groups in total. The zero-order chi connectivity index (χ0) is 17.3. The van der Waals surface area contributed by atoms with Crippen molar-refractivity contribution in [1.29, 1.82) is 0 Å². The normalized spacial score (nSPS) is 16.3. The van der Waals surface area contributed by atoms with Crippen LogP contribution in [0.15, 0.2) is 59.5 Å². The van der Waals surface area contributed by atoms with Gasteiger partial charge in [-0.1, -0.05) is 49.6 Å². The van der Waals surface area contributed by atoms with Crippen LogP contribution in [0.4, 0.5) is 0 Å². The Labute approximate surface area is 148 Å². The van der Waals surface area contributed by atoms with Gasteiger partial charge in [0.05, 0.1) is 4.90 Å². The highest BCUT2D eigenvalue weighted by molar-refractivity contribution is 7.89. The Kier molecular flexibility index (Phi) is 4.36. The lowest BCUT2D eigenvalue weighted by Crippen LogP contribution is -2.36. The van der Waals surface area contributed by atoms with E-state index < -0.39 is 10.0 Å². The minimum atomic E-state index is -3.48. The van der Waals surface area contributed by atoms with E-state index >= 15 is 0 Å². The summed E-state index contributed by atoms with van der Waals surface area (Å²) in [6.07, 6.45) is 5.26. The molecule has 4 nitrogen and oxygen atoms in total. The number of H-pyrrole nitrogens is 1. The standard InChI is InChI=1S/C20H22N2O2S/c23-25(24,22-17-9-2-1-3-10-17)18-11-6-8-15(13-18)20-14-16-7-4-5-12-19(16)21-20/h4-8,11-14,17,21-22H,1-3,9-10H2. The van der Waals surface area contributed by atoms with Gasteiger partial charge in [-0.25, -0.2) is 13.1 Å². The maximum atomic E-state index is 12.7. The van der Waals surface area contributed by atoms with Crippen LogP contribution >= 0.6 is 0 Å². The van der Waals surface area contributed by atoms with Crippen LogP contribution in [0.2, 0.25) is 0 Å². The summed E-state index contributed by atoms with van der Waals surface area (Å²) in [7, 11) is -3.48. The van der Waals surface area contributed by atoms with Crippen LogP contribution in [0.25, 0.3) is 22.2 Å². The Hall–Kier alpha value is -2.11. The van der Waals surface area contributed by atoms with Gasteiger partial charge in [0.15, 0.2) is 0 Å². The summed E-state index contributed by atoms with van der Waals surface area (Å²) in [5, 5.41) is 1.12. The number of sulfonamides is 1. The van der Waals surface area contributed by atoms with E-state index in [2.05, 4.69) is 15.8 Å². The second-order valence-electron chi connectivity index (χ2n) is 6.75. The van der Waals surface area contributed by atoms with E-state index in [0.29, 0.717) is 4.90 Å². The summed E-state index contributed by atoms with van der Waals surface area (Å²) in [5.41, 5.74) is 2.85. The average Bonchev–Trinajstić information content (AvgIpc) is 3.07. The molecule has 0 radical (unpaired) electrons. The first-order valence-electron chi connectivity index (χ1n) is 8.82. The van der Waals surface area contributed by atoms with Crippen molar-refractivity contribution in [1.82, 2.24) is 9.71 Å². The van der Waals surface area contributed by atoms with Gasteiger partial charge < -0.3 is 4.98 Å². The van der Waals surface area contributed by atoms with E-state index in [0.717, 1.165) is 47.8 Å². The third-order valence-corrected chi connectivity index (χ3v) is 6.43. The van der Waals surface area contributed by atoms with E-state index in [-0.39, 0.29) is 6.04 Å². The molecular formula is C20H22N2O2S. The molecule has 1 aromatic heterocycles. The quantitative estimate of drug-likeness (QED) is 0.727. The number of fused-ring (bicyclic) bond motifs is 1. The highest BCUT2D eigenvalue weighted by Crippen LogP contribution is 2.26. The van der Waals surface area contributed by atoms with Crippen LogP contribution in [0.5, 0.6) is 0 Å². The fourth-order valence-corrected chi connectivity index (χ4v) is 4.92. The van der Waals surface area contributed by atoms with E-state index in [4.69, 9.17) is 0 Å². The van der Waals surface area contributed by atoms with Gasteiger partial charge in [0, 0.05) is 22.6 Å². The van der Waals surface area contributed by atoms with Crippen molar-refractivity contribution in [3.05, 3.63) is 54.6 Å². The zero-order valence-corrected chi connectivity index (χ0v) is 14.9. The average molecular weight is 354 g/mol. The van der Waals surface area contributed by atoms with Gasteiger partial charge in [-0.3, -0.25) is 0 Å². The molecule has 2 aromatic carbocycles. The summed E-state index contributed by atoms with van der Waals surface area (Å²) in [6.45, 7) is 0. The van der Waals surface area contributed by atoms with Crippen LogP contribution in [0, 0.1) is 0 Å². The molecule has 25 heavy (non-hydrogen) atoms. The van der Waals surface area contributed by atoms with Crippen molar-refractivity contribution in [3.8, 4) is 11.3 Å². The molecule has 0 bridgehead atoms. The smallest absolute Gasteiger partial charge is 0.240 e. The van der Waals surface area contributed by atoms with Crippen molar-refractivity contribution in [2.75, 3.05) is 0 Å². The van der Waals surface area contributed by atoms with Gasteiger partial charge in [0.1, 0.15) is 0 Å². The highest BCUT2D eigenvalue weighted by Gasteiger charge is 2.22. The molecule has 4 rings (SSSR count). The largest absolute Gasteiger partial charge is 0.355 e. The summed E-state index contributed by atoms with van der Waals surface area (Å²) >= 11 is 0. The molecule has 0 spiro atoms. The molecule has 1 heterocycles. The Bertz CT molecular complexity index is 953. The molecule has 5 heteroatoms. The molecule has 0 atom stereocenters. The molecule has 130 valence electrons. The van der Waals surface area contributed by atoms with E-state index in [1.54, 1.807) is 18.2 Å². The fraction of sp³-hybridized carbons (Fsp3) is 0.300. The SMILES string of the molecule is O=S(=O)(NC1CCCCC1)c1cccc(-c2cc3ccccc3[nH]2)c1. The van der Waals surface area contributed by atoms with Crippen molar-refractivity contribution in [3.63, 3.8) is 0 Å². The molecule has 1 saturated carbocycles. The van der Waals surface area contributed by atoms with Gasteiger partial charge in [-0.2, -0.15) is 0 Å². The number of rotatable bonds is 4. The number of aromatic amines is 1. The molecule has 1 aliphatic carbocycles. The first-order valence-corrected chi connectivity index (χ1v) is 10.3. The molecule has 3 aromatic rings. The lowest BCUT2D eigenvalue weighted by molar-refractivity contribution is 0.412. The third-order valence-electron chi connectivity index (χ3n) is 4.91. The highest BCUT2D eigenvalue weighted by atomic mass is 32.2. The van der Waals surface area contributed by atoms with Crippen LogP contribution < -0.4 is 4.72 Å². The monoisotopic (exact) mass is 354 g/mol. The lowest BCUT2D eigenvalue weighted by atomic mass is 9.96. The molecule has 0 amide bonds. The Morgan fingerprint density at radius 3 is 2.52 bits per heavy atom. The van der Waals surface area contributed by atoms with Gasteiger partial charge >= 0.3 is 0 Å². The molecule has 0 aliphatic heterocycles. The Morgan fingerprint density at radius 1 is 0.920 bits per heavy atom. The first-order chi connectivity index (χ1) is 12.1. The first kappa shape index (κ1) is 16.4. The lowest BCUT2D eigenvalue weighted by Gasteiger charge is -2.22. The number of benzene rings is 2. The van der Waals surface area contributed by atoms with Crippen LogP contribution in [0.1, 0.15) is 32.1 Å². The van der Waals surface area contributed by atoms with Gasteiger partial charge in [-0.05, 0) is 42.7 Å². The van der Waals surface area contributed by atoms with Crippen molar-refractivity contribution < 1.29 is 8.42 Å². The molecule has 0 unspecified atom stereocenters. The maximum Gasteiger partial charge on any atom is 0.240 e. The Balaban J connectivity index is 1.64. The number of nitrogens with one attached hydrogen (secondary N) is 2. The summed E-state index contributed by atoms with van der Waals surface area (Å²) in [6, 6.07) is 17.3. The molecular weight excluding hydrogens is 332 g/mol. The van der Waals surface area contributed by atoms with E-state index in [9.17, 15) is 8.42 Å². The summed E-state index contributed by atoms with van der Waals surface area (Å²) < 4.78 is 28.3. The van der Waals surface area contributed by atoms with Crippen LogP contribution in [-0.4, -0.2) is 19.4 Å². The number of para-hydroxylation sites is 1. The van der Waals surface area contributed by atoms with Gasteiger partial charge in [-0.15, -0.1) is 0 Å².